The highest BCUT2D eigenvalue weighted by molar-refractivity contribution is 5.98. The van der Waals surface area contributed by atoms with E-state index in [9.17, 15) is 4.79 Å². The van der Waals surface area contributed by atoms with Crippen molar-refractivity contribution in [2.75, 3.05) is 0 Å². The average Bonchev–Trinajstić information content (AvgIpc) is 2.40. The van der Waals surface area contributed by atoms with Gasteiger partial charge in [-0.05, 0) is 33.8 Å². The Hall–Kier alpha value is -1.05. The molecule has 0 aliphatic rings. The fraction of sp³-hybridized carbons (Fsp3) is 0.615. The summed E-state index contributed by atoms with van der Waals surface area (Å²) in [4.78, 5) is 11.9. The Kier molecular flexibility index (Phi) is 3.38. The Balaban J connectivity index is 3.24. The van der Waals surface area contributed by atoms with Crippen LogP contribution in [0.1, 0.15) is 55.5 Å². The third-order valence-corrected chi connectivity index (χ3v) is 2.79. The molecule has 1 heterocycles. The molecule has 1 aromatic heterocycles. The molecule has 0 unspecified atom stereocenters. The molecule has 0 N–H and O–H groups in total. The Labute approximate surface area is 92.3 Å². The van der Waals surface area contributed by atoms with E-state index in [1.807, 2.05) is 26.8 Å². The lowest BCUT2D eigenvalue weighted by Gasteiger charge is -2.13. The van der Waals surface area contributed by atoms with Crippen LogP contribution in [-0.4, -0.2) is 10.4 Å². The molecule has 0 aliphatic heterocycles. The van der Waals surface area contributed by atoms with Gasteiger partial charge in [-0.15, -0.1) is 0 Å². The summed E-state index contributed by atoms with van der Waals surface area (Å²) >= 11 is 0. The van der Waals surface area contributed by atoms with E-state index >= 15 is 0 Å². The number of Topliss-reactive ketones (excluding diaryl/α,β-unsaturated/α-hetero) is 1. The van der Waals surface area contributed by atoms with Gasteiger partial charge in [-0.2, -0.15) is 0 Å². The van der Waals surface area contributed by atoms with Gasteiger partial charge >= 0.3 is 0 Å². The molecule has 0 amide bonds. The monoisotopic (exact) mass is 207 g/mol. The summed E-state index contributed by atoms with van der Waals surface area (Å²) < 4.78 is 2.22. The molecular formula is C13H21NO. The molecule has 0 aromatic carbocycles. The standard InChI is InChI=1S/C13H21NO/c1-8(2)13(15)12-7-10(5)14(9(3)4)11(12)6/h7-9H,1-6H3. The molecule has 15 heavy (non-hydrogen) atoms. The number of hydrogen-bond acceptors (Lipinski definition) is 1. The summed E-state index contributed by atoms with van der Waals surface area (Å²) in [7, 11) is 0. The summed E-state index contributed by atoms with van der Waals surface area (Å²) in [6.07, 6.45) is 0. The smallest absolute Gasteiger partial charge is 0.167 e. The van der Waals surface area contributed by atoms with Gasteiger partial charge in [0.05, 0.1) is 0 Å². The number of aryl methyl sites for hydroxylation is 1. The van der Waals surface area contributed by atoms with Crippen molar-refractivity contribution >= 4 is 5.78 Å². The van der Waals surface area contributed by atoms with Gasteiger partial charge < -0.3 is 4.57 Å². The zero-order valence-corrected chi connectivity index (χ0v) is 10.6. The first-order valence-electron chi connectivity index (χ1n) is 5.58. The van der Waals surface area contributed by atoms with Gasteiger partial charge in [0.15, 0.2) is 5.78 Å². The van der Waals surface area contributed by atoms with E-state index < -0.39 is 0 Å². The topological polar surface area (TPSA) is 22.0 Å². The molecule has 0 radical (unpaired) electrons. The number of rotatable bonds is 3. The second kappa shape index (κ2) is 4.21. The van der Waals surface area contributed by atoms with E-state index in [1.54, 1.807) is 0 Å². The molecule has 0 saturated heterocycles. The Bertz CT molecular complexity index is 372. The number of ketones is 1. The molecule has 2 heteroatoms. The number of carbonyl (C=O) groups excluding carboxylic acids is 1. The predicted octanol–water partition coefficient (Wildman–Crippen LogP) is 3.52. The number of hydrogen-bond donors (Lipinski definition) is 0. The molecule has 0 fully saturated rings. The minimum absolute atomic E-state index is 0.0751. The molecule has 0 spiro atoms. The molecule has 0 saturated carbocycles. The van der Waals surface area contributed by atoms with Crippen LogP contribution in [-0.2, 0) is 0 Å². The van der Waals surface area contributed by atoms with Crippen molar-refractivity contribution in [1.29, 1.82) is 0 Å². The van der Waals surface area contributed by atoms with Crippen LogP contribution in [0.4, 0.5) is 0 Å². The summed E-state index contributed by atoms with van der Waals surface area (Å²) in [6, 6.07) is 2.43. The lowest BCUT2D eigenvalue weighted by Crippen LogP contribution is -2.10. The molecular weight excluding hydrogens is 186 g/mol. The third-order valence-electron chi connectivity index (χ3n) is 2.79. The van der Waals surface area contributed by atoms with Gasteiger partial charge in [-0.25, -0.2) is 0 Å². The molecule has 1 aromatic rings. The van der Waals surface area contributed by atoms with E-state index in [0.717, 1.165) is 11.3 Å². The Morgan fingerprint density at radius 3 is 2.07 bits per heavy atom. The van der Waals surface area contributed by atoms with Gasteiger partial charge in [0.25, 0.3) is 0 Å². The van der Waals surface area contributed by atoms with Crippen molar-refractivity contribution in [2.45, 2.75) is 47.6 Å². The van der Waals surface area contributed by atoms with E-state index in [4.69, 9.17) is 0 Å². The van der Waals surface area contributed by atoms with Crippen molar-refractivity contribution in [3.63, 3.8) is 0 Å². The highest BCUT2D eigenvalue weighted by atomic mass is 16.1. The maximum atomic E-state index is 11.9. The van der Waals surface area contributed by atoms with Gasteiger partial charge in [0, 0.05) is 28.9 Å². The predicted molar refractivity (Wildman–Crippen MR) is 63.5 cm³/mol. The second-order valence-electron chi connectivity index (χ2n) is 4.77. The average molecular weight is 207 g/mol. The quantitative estimate of drug-likeness (QED) is 0.695. The molecule has 0 aliphatic carbocycles. The SMILES string of the molecule is Cc1cc(C(=O)C(C)C)c(C)n1C(C)C. The molecule has 2 nitrogen and oxygen atoms in total. The second-order valence-corrected chi connectivity index (χ2v) is 4.77. The zero-order valence-electron chi connectivity index (χ0n) is 10.6. The maximum absolute atomic E-state index is 11.9. The summed E-state index contributed by atoms with van der Waals surface area (Å²) in [5, 5.41) is 0. The van der Waals surface area contributed by atoms with Crippen molar-refractivity contribution < 1.29 is 4.79 Å². The Morgan fingerprint density at radius 1 is 1.20 bits per heavy atom. The van der Waals surface area contributed by atoms with Gasteiger partial charge in [-0.3, -0.25) is 4.79 Å². The third kappa shape index (κ3) is 2.14. The molecule has 1 rings (SSSR count). The van der Waals surface area contributed by atoms with Crippen molar-refractivity contribution in [3.8, 4) is 0 Å². The fourth-order valence-electron chi connectivity index (χ4n) is 2.13. The minimum Gasteiger partial charge on any atom is -0.346 e. The highest BCUT2D eigenvalue weighted by Gasteiger charge is 2.18. The van der Waals surface area contributed by atoms with Crippen molar-refractivity contribution in [2.24, 2.45) is 5.92 Å². The largest absolute Gasteiger partial charge is 0.346 e. The van der Waals surface area contributed by atoms with Gasteiger partial charge in [-0.1, -0.05) is 13.8 Å². The van der Waals surface area contributed by atoms with Crippen LogP contribution in [0.3, 0.4) is 0 Å². The van der Waals surface area contributed by atoms with Crippen molar-refractivity contribution in [1.82, 2.24) is 4.57 Å². The molecule has 84 valence electrons. The first kappa shape index (κ1) is 12.0. The van der Waals surface area contributed by atoms with Crippen molar-refractivity contribution in [3.05, 3.63) is 23.0 Å². The summed E-state index contributed by atoms with van der Waals surface area (Å²) in [6.45, 7) is 12.3. The van der Waals surface area contributed by atoms with Crippen LogP contribution in [0.15, 0.2) is 6.07 Å². The fourth-order valence-corrected chi connectivity index (χ4v) is 2.13. The minimum atomic E-state index is 0.0751. The lowest BCUT2D eigenvalue weighted by molar-refractivity contribution is 0.0938. The number of nitrogens with zero attached hydrogens (tertiary/aromatic N) is 1. The van der Waals surface area contributed by atoms with E-state index in [1.165, 1.54) is 5.69 Å². The van der Waals surface area contributed by atoms with Crippen LogP contribution < -0.4 is 0 Å². The zero-order chi connectivity index (χ0) is 11.7. The Morgan fingerprint density at radius 2 is 1.73 bits per heavy atom. The van der Waals surface area contributed by atoms with Gasteiger partial charge in [0.2, 0.25) is 0 Å². The number of aromatic nitrogens is 1. The number of carbonyl (C=O) groups is 1. The first-order chi connectivity index (χ1) is 6.86. The van der Waals surface area contributed by atoms with Gasteiger partial charge in [0.1, 0.15) is 0 Å². The van der Waals surface area contributed by atoms with Crippen LogP contribution in [0.25, 0.3) is 0 Å². The first-order valence-corrected chi connectivity index (χ1v) is 5.58. The normalized spacial score (nSPS) is 11.5. The van der Waals surface area contributed by atoms with Crippen LogP contribution >= 0.6 is 0 Å². The van der Waals surface area contributed by atoms with Crippen LogP contribution in [0.5, 0.6) is 0 Å². The lowest BCUT2D eigenvalue weighted by atomic mass is 10.0. The van der Waals surface area contributed by atoms with Crippen LogP contribution in [0, 0.1) is 19.8 Å². The van der Waals surface area contributed by atoms with E-state index in [0.29, 0.717) is 6.04 Å². The summed E-state index contributed by atoms with van der Waals surface area (Å²) in [5.41, 5.74) is 3.16. The van der Waals surface area contributed by atoms with E-state index in [-0.39, 0.29) is 11.7 Å². The highest BCUT2D eigenvalue weighted by Crippen LogP contribution is 2.22. The molecule has 0 bridgehead atoms. The van der Waals surface area contributed by atoms with E-state index in [2.05, 4.69) is 25.3 Å². The summed E-state index contributed by atoms with van der Waals surface area (Å²) in [5.74, 6) is 0.320. The maximum Gasteiger partial charge on any atom is 0.167 e. The van der Waals surface area contributed by atoms with Crippen LogP contribution in [0.2, 0.25) is 0 Å². The molecule has 0 atom stereocenters.